The zero-order valence-corrected chi connectivity index (χ0v) is 10.9. The monoisotopic (exact) mass is 284 g/mol. The molecule has 0 atom stereocenters. The minimum absolute atomic E-state index is 0.167. The number of nitrogens with one attached hydrogen (secondary N) is 1. The van der Waals surface area contributed by atoms with Crippen LogP contribution >= 0.6 is 0 Å². The van der Waals surface area contributed by atoms with Gasteiger partial charge in [0.05, 0.1) is 17.5 Å². The van der Waals surface area contributed by atoms with Crippen LogP contribution in [0, 0.1) is 0 Å². The molecule has 0 fully saturated rings. The van der Waals surface area contributed by atoms with E-state index >= 15 is 0 Å². The Balaban J connectivity index is 1.74. The lowest BCUT2D eigenvalue weighted by molar-refractivity contribution is 0.0698. The normalized spacial score (nSPS) is 12.6. The Morgan fingerprint density at radius 2 is 2.00 bits per heavy atom. The van der Waals surface area contributed by atoms with Crippen molar-refractivity contribution in [1.82, 2.24) is 0 Å². The van der Waals surface area contributed by atoms with Gasteiger partial charge in [-0.05, 0) is 35.9 Å². The number of carbonyl (C=O) groups is 1. The Kier molecular flexibility index (Phi) is 3.42. The maximum Gasteiger partial charge on any atom is 0.337 e. The van der Waals surface area contributed by atoms with Crippen LogP contribution in [0.25, 0.3) is 0 Å². The summed E-state index contributed by atoms with van der Waals surface area (Å²) in [4.78, 5) is 11.1. The molecule has 0 saturated carbocycles. The van der Waals surface area contributed by atoms with Gasteiger partial charge in [-0.1, -0.05) is 12.1 Å². The number of hydrazone groups is 1. The van der Waals surface area contributed by atoms with Gasteiger partial charge in [-0.2, -0.15) is 5.10 Å². The predicted octanol–water partition coefficient (Wildman–Crippen LogP) is 2.56. The van der Waals surface area contributed by atoms with Gasteiger partial charge in [-0.15, -0.1) is 0 Å². The molecule has 6 nitrogen and oxygen atoms in total. The van der Waals surface area contributed by atoms with E-state index in [-0.39, 0.29) is 12.4 Å². The van der Waals surface area contributed by atoms with Crippen molar-refractivity contribution in [1.29, 1.82) is 0 Å². The highest BCUT2D eigenvalue weighted by atomic mass is 16.7. The number of nitrogens with zero attached hydrogens (tertiary/aromatic N) is 1. The number of aromatic carboxylic acids is 1. The molecule has 6 heteroatoms. The number of carboxylic acids is 1. The molecule has 106 valence electrons. The van der Waals surface area contributed by atoms with E-state index in [1.54, 1.807) is 36.5 Å². The Labute approximate surface area is 120 Å². The fourth-order valence-electron chi connectivity index (χ4n) is 1.94. The minimum Gasteiger partial charge on any atom is -0.478 e. The number of hydrogen-bond donors (Lipinski definition) is 2. The summed E-state index contributed by atoms with van der Waals surface area (Å²) in [5.41, 5.74) is 4.15. The summed E-state index contributed by atoms with van der Waals surface area (Å²) in [5.74, 6) is 0.373. The van der Waals surface area contributed by atoms with Crippen molar-refractivity contribution in [3.8, 4) is 11.5 Å². The maximum absolute atomic E-state index is 11.1. The van der Waals surface area contributed by atoms with Gasteiger partial charge in [-0.3, -0.25) is 5.43 Å². The van der Waals surface area contributed by atoms with Gasteiger partial charge in [-0.25, -0.2) is 4.79 Å². The molecule has 1 heterocycles. The van der Waals surface area contributed by atoms with E-state index in [4.69, 9.17) is 14.6 Å². The van der Waals surface area contributed by atoms with Crippen LogP contribution < -0.4 is 14.9 Å². The number of para-hydroxylation sites is 1. The lowest BCUT2D eigenvalue weighted by Crippen LogP contribution is -2.02. The highest BCUT2D eigenvalue weighted by Gasteiger charge is 2.12. The highest BCUT2D eigenvalue weighted by Crippen LogP contribution is 2.31. The summed E-state index contributed by atoms with van der Waals surface area (Å²) in [6.07, 6.45) is 1.58. The van der Waals surface area contributed by atoms with E-state index in [2.05, 4.69) is 10.5 Å². The molecule has 0 amide bonds. The van der Waals surface area contributed by atoms with Crippen molar-refractivity contribution in [2.75, 3.05) is 12.2 Å². The third-order valence-corrected chi connectivity index (χ3v) is 2.95. The first-order valence-corrected chi connectivity index (χ1v) is 6.25. The van der Waals surface area contributed by atoms with Crippen molar-refractivity contribution >= 4 is 17.9 Å². The summed E-state index contributed by atoms with van der Waals surface area (Å²) < 4.78 is 10.5. The topological polar surface area (TPSA) is 80.2 Å². The van der Waals surface area contributed by atoms with E-state index < -0.39 is 5.97 Å². The van der Waals surface area contributed by atoms with Gasteiger partial charge in [0, 0.05) is 0 Å². The van der Waals surface area contributed by atoms with Crippen molar-refractivity contribution in [3.05, 3.63) is 53.6 Å². The van der Waals surface area contributed by atoms with Gasteiger partial charge in [0.25, 0.3) is 0 Å². The van der Waals surface area contributed by atoms with Gasteiger partial charge in [0.2, 0.25) is 6.79 Å². The SMILES string of the molecule is O=C(O)c1ccccc1N/N=C/c1ccc2c(c1)OCO2. The lowest BCUT2D eigenvalue weighted by Gasteiger charge is -2.04. The molecule has 0 saturated heterocycles. The second kappa shape index (κ2) is 5.54. The fourth-order valence-corrected chi connectivity index (χ4v) is 1.94. The van der Waals surface area contributed by atoms with E-state index in [0.717, 1.165) is 5.56 Å². The quantitative estimate of drug-likeness (QED) is 0.666. The zero-order chi connectivity index (χ0) is 14.7. The van der Waals surface area contributed by atoms with Gasteiger partial charge in [0.15, 0.2) is 11.5 Å². The molecule has 0 bridgehead atoms. The average molecular weight is 284 g/mol. The highest BCUT2D eigenvalue weighted by molar-refractivity contribution is 5.94. The molecule has 21 heavy (non-hydrogen) atoms. The fraction of sp³-hybridized carbons (Fsp3) is 0.0667. The maximum atomic E-state index is 11.1. The number of rotatable bonds is 4. The Morgan fingerprint density at radius 1 is 1.19 bits per heavy atom. The van der Waals surface area contributed by atoms with Crippen LogP contribution in [-0.2, 0) is 0 Å². The van der Waals surface area contributed by atoms with E-state index in [9.17, 15) is 4.79 Å². The standard InChI is InChI=1S/C15H12N2O4/c18-15(19)11-3-1-2-4-12(11)17-16-8-10-5-6-13-14(7-10)21-9-20-13/h1-8,17H,9H2,(H,18,19)/b16-8+. The first-order valence-electron chi connectivity index (χ1n) is 6.25. The Hall–Kier alpha value is -3.02. The molecule has 0 spiro atoms. The minimum atomic E-state index is -1.00. The van der Waals surface area contributed by atoms with Crippen LogP contribution in [0.2, 0.25) is 0 Å². The molecule has 2 aromatic carbocycles. The van der Waals surface area contributed by atoms with Gasteiger partial charge in [0.1, 0.15) is 0 Å². The third-order valence-electron chi connectivity index (χ3n) is 2.95. The molecule has 2 N–H and O–H groups in total. The third kappa shape index (κ3) is 2.79. The van der Waals surface area contributed by atoms with Crippen molar-refractivity contribution in [2.45, 2.75) is 0 Å². The molecular weight excluding hydrogens is 272 g/mol. The summed E-state index contributed by atoms with van der Waals surface area (Å²) in [7, 11) is 0. The predicted molar refractivity (Wildman–Crippen MR) is 77.2 cm³/mol. The number of benzene rings is 2. The van der Waals surface area contributed by atoms with E-state index in [1.807, 2.05) is 6.07 Å². The molecule has 3 rings (SSSR count). The first kappa shape index (κ1) is 13.0. The second-order valence-corrected chi connectivity index (χ2v) is 4.33. The molecular formula is C15H12N2O4. The Bertz CT molecular complexity index is 713. The van der Waals surface area contributed by atoms with Crippen molar-refractivity contribution in [3.63, 3.8) is 0 Å². The summed E-state index contributed by atoms with van der Waals surface area (Å²) in [6.45, 7) is 0.222. The summed E-state index contributed by atoms with van der Waals surface area (Å²) >= 11 is 0. The smallest absolute Gasteiger partial charge is 0.337 e. The van der Waals surface area contributed by atoms with Crippen molar-refractivity contribution < 1.29 is 19.4 Å². The van der Waals surface area contributed by atoms with Gasteiger partial charge < -0.3 is 14.6 Å². The van der Waals surface area contributed by atoms with Gasteiger partial charge >= 0.3 is 5.97 Å². The largest absolute Gasteiger partial charge is 0.478 e. The number of anilines is 1. The van der Waals surface area contributed by atoms with Crippen LogP contribution in [0.3, 0.4) is 0 Å². The van der Waals surface area contributed by atoms with E-state index in [1.165, 1.54) is 6.07 Å². The van der Waals surface area contributed by atoms with Crippen molar-refractivity contribution in [2.24, 2.45) is 5.10 Å². The molecule has 0 unspecified atom stereocenters. The van der Waals surface area contributed by atoms with Crippen LogP contribution in [0.5, 0.6) is 11.5 Å². The van der Waals surface area contributed by atoms with Crippen LogP contribution in [0.15, 0.2) is 47.6 Å². The second-order valence-electron chi connectivity index (χ2n) is 4.33. The van der Waals surface area contributed by atoms with E-state index in [0.29, 0.717) is 17.2 Å². The first-order chi connectivity index (χ1) is 10.2. The number of fused-ring (bicyclic) bond motifs is 1. The summed E-state index contributed by atoms with van der Waals surface area (Å²) in [6, 6.07) is 12.0. The summed E-state index contributed by atoms with van der Waals surface area (Å²) in [5, 5.41) is 13.1. The van der Waals surface area contributed by atoms with Crippen LogP contribution in [0.1, 0.15) is 15.9 Å². The number of hydrogen-bond acceptors (Lipinski definition) is 5. The number of ether oxygens (including phenoxy) is 2. The van der Waals surface area contributed by atoms with Crippen LogP contribution in [0.4, 0.5) is 5.69 Å². The zero-order valence-electron chi connectivity index (χ0n) is 10.9. The molecule has 2 aromatic rings. The molecule has 1 aliphatic heterocycles. The molecule has 0 aliphatic carbocycles. The number of carboxylic acid groups (broad SMARTS) is 1. The molecule has 1 aliphatic rings. The molecule has 0 aromatic heterocycles. The Morgan fingerprint density at radius 3 is 2.86 bits per heavy atom. The van der Waals surface area contributed by atoms with Crippen LogP contribution in [-0.4, -0.2) is 24.1 Å². The average Bonchev–Trinajstić information content (AvgIpc) is 2.95. The molecule has 0 radical (unpaired) electrons. The lowest BCUT2D eigenvalue weighted by atomic mass is 10.2.